The molecule has 3 aromatic carbocycles. The number of benzene rings is 3. The van der Waals surface area contributed by atoms with Gasteiger partial charge in [0.05, 0.1) is 4.90 Å². The first-order valence-electron chi connectivity index (χ1n) is 11.2. The first-order chi connectivity index (χ1) is 16.3. The quantitative estimate of drug-likeness (QED) is 0.615. The molecule has 5 rings (SSSR count). The average molecular weight is 479 g/mol. The smallest absolute Gasteiger partial charge is 0.269 e. The third-order valence-electron chi connectivity index (χ3n) is 6.21. The second-order valence-electron chi connectivity index (χ2n) is 8.68. The molecule has 0 aromatic heterocycles. The number of carbonyl (C=O) groups is 1. The molecular weight excluding hydrogens is 452 g/mol. The minimum atomic E-state index is -3.60. The highest BCUT2D eigenvalue weighted by molar-refractivity contribution is 7.89. The van der Waals surface area contributed by atoms with Gasteiger partial charge in [0.2, 0.25) is 16.1 Å². The van der Waals surface area contributed by atoms with Crippen molar-refractivity contribution in [3.05, 3.63) is 83.4 Å². The molecule has 176 valence electrons. The van der Waals surface area contributed by atoms with Crippen LogP contribution in [-0.4, -0.2) is 37.4 Å². The summed E-state index contributed by atoms with van der Waals surface area (Å²) in [6.45, 7) is 4.38. The molecule has 0 radical (unpaired) electrons. The lowest BCUT2D eigenvalue weighted by molar-refractivity contribution is -0.128. The van der Waals surface area contributed by atoms with Crippen molar-refractivity contribution in [1.82, 2.24) is 4.31 Å². The molecule has 1 amide bonds. The molecule has 2 atom stereocenters. The van der Waals surface area contributed by atoms with Crippen LogP contribution in [0.1, 0.15) is 23.6 Å². The maximum atomic E-state index is 13.1. The van der Waals surface area contributed by atoms with E-state index in [0.717, 1.165) is 16.7 Å². The van der Waals surface area contributed by atoms with Gasteiger partial charge in [-0.2, -0.15) is 4.31 Å². The molecule has 0 fully saturated rings. The zero-order valence-corrected chi connectivity index (χ0v) is 19.8. The van der Waals surface area contributed by atoms with E-state index < -0.39 is 22.2 Å². The molecule has 0 spiro atoms. The number of hydrogen-bond acceptors (Lipinski definition) is 5. The van der Waals surface area contributed by atoms with Gasteiger partial charge >= 0.3 is 0 Å². The van der Waals surface area contributed by atoms with Gasteiger partial charge in [0.1, 0.15) is 6.10 Å². The fourth-order valence-electron chi connectivity index (χ4n) is 4.29. The van der Waals surface area contributed by atoms with Gasteiger partial charge in [0.25, 0.3) is 5.91 Å². The molecular formula is C26H26N2O5S. The van der Waals surface area contributed by atoms with Crippen molar-refractivity contribution in [2.24, 2.45) is 0 Å². The summed E-state index contributed by atoms with van der Waals surface area (Å²) in [6.07, 6.45) is -0.644. The van der Waals surface area contributed by atoms with Gasteiger partial charge in [-0.1, -0.05) is 35.9 Å². The van der Waals surface area contributed by atoms with Crippen LogP contribution in [0.4, 0.5) is 5.69 Å². The number of rotatable bonds is 4. The number of aryl methyl sites for hydroxylation is 1. The first-order valence-corrected chi connectivity index (χ1v) is 12.7. The van der Waals surface area contributed by atoms with E-state index >= 15 is 0 Å². The van der Waals surface area contributed by atoms with E-state index in [0.29, 0.717) is 30.2 Å². The highest BCUT2D eigenvalue weighted by Gasteiger charge is 2.34. The molecule has 0 saturated heterocycles. The Balaban J connectivity index is 1.32. The number of hydrogen-bond donors (Lipinski definition) is 1. The maximum Gasteiger partial charge on any atom is 0.269 e. The SMILES string of the molecule is Cc1ccc(S(=O)(=O)N2CCc3ccc(NC(=O)[C@@H]4Oc5ccccc5O[C@H]4C)cc3C2)cc1. The van der Waals surface area contributed by atoms with Crippen LogP contribution in [0.2, 0.25) is 0 Å². The number of carbonyl (C=O) groups excluding carboxylic acids is 1. The van der Waals surface area contributed by atoms with Crippen molar-refractivity contribution in [1.29, 1.82) is 0 Å². The number of amides is 1. The van der Waals surface area contributed by atoms with E-state index in [2.05, 4.69) is 5.32 Å². The topological polar surface area (TPSA) is 84.9 Å². The van der Waals surface area contributed by atoms with Gasteiger partial charge in [-0.15, -0.1) is 0 Å². The lowest BCUT2D eigenvalue weighted by Crippen LogP contribution is -2.46. The minimum Gasteiger partial charge on any atom is -0.482 e. The van der Waals surface area contributed by atoms with Gasteiger partial charge in [0, 0.05) is 18.8 Å². The minimum absolute atomic E-state index is 0.252. The molecule has 2 aliphatic heterocycles. The van der Waals surface area contributed by atoms with Crippen LogP contribution in [0, 0.1) is 6.92 Å². The second-order valence-corrected chi connectivity index (χ2v) is 10.6. The Morgan fingerprint density at radius 1 is 0.971 bits per heavy atom. The third-order valence-corrected chi connectivity index (χ3v) is 8.07. The Bertz CT molecular complexity index is 1340. The van der Waals surface area contributed by atoms with Crippen molar-refractivity contribution < 1.29 is 22.7 Å². The van der Waals surface area contributed by atoms with Crippen LogP contribution >= 0.6 is 0 Å². The van der Waals surface area contributed by atoms with E-state index in [-0.39, 0.29) is 17.3 Å². The molecule has 2 heterocycles. The molecule has 8 heteroatoms. The summed E-state index contributed by atoms with van der Waals surface area (Å²) < 4.78 is 39.5. The van der Waals surface area contributed by atoms with E-state index in [1.165, 1.54) is 4.31 Å². The lowest BCUT2D eigenvalue weighted by atomic mass is 10.0. The predicted octanol–water partition coefficient (Wildman–Crippen LogP) is 3.91. The van der Waals surface area contributed by atoms with Crippen LogP contribution in [0.25, 0.3) is 0 Å². The van der Waals surface area contributed by atoms with Gasteiger partial charge in [-0.3, -0.25) is 4.79 Å². The summed E-state index contributed by atoms with van der Waals surface area (Å²) in [7, 11) is -3.60. The number of fused-ring (bicyclic) bond motifs is 2. The maximum absolute atomic E-state index is 13.1. The third kappa shape index (κ3) is 4.26. The Morgan fingerprint density at radius 3 is 2.41 bits per heavy atom. The summed E-state index contributed by atoms with van der Waals surface area (Å²) >= 11 is 0. The molecule has 1 N–H and O–H groups in total. The van der Waals surface area contributed by atoms with Crippen LogP contribution in [0.3, 0.4) is 0 Å². The normalized spacial score (nSPS) is 19.8. The Morgan fingerprint density at radius 2 is 1.68 bits per heavy atom. The molecule has 34 heavy (non-hydrogen) atoms. The number of para-hydroxylation sites is 2. The molecule has 0 aliphatic carbocycles. The number of sulfonamides is 1. The standard InChI is InChI=1S/C26H26N2O5S/c1-17-7-11-22(12-8-17)34(30,31)28-14-13-19-9-10-21(15-20(19)16-28)27-26(29)25-18(2)32-23-5-3-4-6-24(23)33-25/h3-12,15,18,25H,13-14,16H2,1-2H3,(H,27,29)/t18-,25+/m0/s1. The summed E-state index contributed by atoms with van der Waals surface area (Å²) in [5.74, 6) is 0.827. The van der Waals surface area contributed by atoms with Crippen LogP contribution in [0.5, 0.6) is 11.5 Å². The second kappa shape index (κ2) is 8.77. The van der Waals surface area contributed by atoms with Gasteiger partial charge in [0.15, 0.2) is 11.5 Å². The van der Waals surface area contributed by atoms with Crippen LogP contribution < -0.4 is 14.8 Å². The van der Waals surface area contributed by atoms with Crippen molar-refractivity contribution in [3.8, 4) is 11.5 Å². The van der Waals surface area contributed by atoms with Crippen molar-refractivity contribution >= 4 is 21.6 Å². The van der Waals surface area contributed by atoms with Crippen molar-refractivity contribution in [2.75, 3.05) is 11.9 Å². The van der Waals surface area contributed by atoms with E-state index in [4.69, 9.17) is 9.47 Å². The van der Waals surface area contributed by atoms with Crippen molar-refractivity contribution in [3.63, 3.8) is 0 Å². The largest absolute Gasteiger partial charge is 0.482 e. The monoisotopic (exact) mass is 478 g/mol. The summed E-state index contributed by atoms with van der Waals surface area (Å²) in [5.41, 5.74) is 3.55. The van der Waals surface area contributed by atoms with Gasteiger partial charge < -0.3 is 14.8 Å². The zero-order chi connectivity index (χ0) is 23.9. The number of anilines is 1. The fourth-order valence-corrected chi connectivity index (χ4v) is 5.71. The Hall–Kier alpha value is -3.36. The molecule has 0 unspecified atom stereocenters. The van der Waals surface area contributed by atoms with Gasteiger partial charge in [-0.25, -0.2) is 8.42 Å². The molecule has 0 bridgehead atoms. The van der Waals surface area contributed by atoms with E-state index in [1.807, 2.05) is 37.3 Å². The summed E-state index contributed by atoms with van der Waals surface area (Å²) in [5, 5.41) is 2.90. The summed E-state index contributed by atoms with van der Waals surface area (Å²) in [4.78, 5) is 13.3. The average Bonchev–Trinajstić information content (AvgIpc) is 2.83. The fraction of sp³-hybridized carbons (Fsp3) is 0.269. The highest BCUT2D eigenvalue weighted by Crippen LogP contribution is 2.34. The number of nitrogens with one attached hydrogen (secondary N) is 1. The Labute approximate surface area is 199 Å². The molecule has 0 saturated carbocycles. The van der Waals surface area contributed by atoms with Crippen LogP contribution in [-0.2, 0) is 27.8 Å². The highest BCUT2D eigenvalue weighted by atomic mass is 32.2. The molecule has 3 aromatic rings. The molecule has 2 aliphatic rings. The zero-order valence-electron chi connectivity index (χ0n) is 19.0. The van der Waals surface area contributed by atoms with Crippen LogP contribution in [0.15, 0.2) is 71.6 Å². The van der Waals surface area contributed by atoms with E-state index in [9.17, 15) is 13.2 Å². The number of ether oxygens (including phenoxy) is 2. The molecule has 7 nitrogen and oxygen atoms in total. The van der Waals surface area contributed by atoms with Gasteiger partial charge in [-0.05, 0) is 67.8 Å². The van der Waals surface area contributed by atoms with Crippen molar-refractivity contribution in [2.45, 2.75) is 43.9 Å². The predicted molar refractivity (Wildman–Crippen MR) is 128 cm³/mol. The Kier molecular flexibility index (Phi) is 5.79. The first kappa shape index (κ1) is 22.4. The lowest BCUT2D eigenvalue weighted by Gasteiger charge is -2.31. The number of nitrogens with zero attached hydrogens (tertiary/aromatic N) is 1. The van der Waals surface area contributed by atoms with E-state index in [1.54, 1.807) is 43.3 Å². The summed E-state index contributed by atoms with van der Waals surface area (Å²) in [6, 6.07) is 19.8.